The molecule has 0 radical (unpaired) electrons. The molecule has 4 heteroatoms. The summed E-state index contributed by atoms with van der Waals surface area (Å²) in [7, 11) is 0. The molecule has 0 saturated heterocycles. The van der Waals surface area contributed by atoms with Crippen LogP contribution >= 0.6 is 0 Å². The first-order chi connectivity index (χ1) is 6.18. The first kappa shape index (κ1) is 9.38. The fourth-order valence-corrected chi connectivity index (χ4v) is 1.02. The molecule has 0 aliphatic heterocycles. The highest BCUT2D eigenvalue weighted by Gasteiger charge is 2.09. The second kappa shape index (κ2) is 4.35. The fourth-order valence-electron chi connectivity index (χ4n) is 1.02. The van der Waals surface area contributed by atoms with Gasteiger partial charge < -0.3 is 0 Å². The molecule has 1 rings (SSSR count). The van der Waals surface area contributed by atoms with Crippen LogP contribution in [0.25, 0.3) is 0 Å². The van der Waals surface area contributed by atoms with E-state index in [1.54, 1.807) is 24.3 Å². The quantitative estimate of drug-likeness (QED) is 0.513. The monoisotopic (exact) mass is 179 g/mol. The summed E-state index contributed by atoms with van der Waals surface area (Å²) >= 11 is 0. The molecule has 0 unspecified atom stereocenters. The molecule has 0 N–H and O–H groups in total. The van der Waals surface area contributed by atoms with Crippen molar-refractivity contribution < 1.29 is 9.72 Å². The molecule has 68 valence electrons. The van der Waals surface area contributed by atoms with E-state index >= 15 is 0 Å². The molecule has 13 heavy (non-hydrogen) atoms. The Morgan fingerprint density at radius 1 is 1.31 bits per heavy atom. The van der Waals surface area contributed by atoms with Crippen LogP contribution in [0.1, 0.15) is 5.56 Å². The highest BCUT2D eigenvalue weighted by Crippen LogP contribution is 1.99. The van der Waals surface area contributed by atoms with E-state index in [0.29, 0.717) is 0 Å². The van der Waals surface area contributed by atoms with Crippen LogP contribution in [0.4, 0.5) is 0 Å². The van der Waals surface area contributed by atoms with Gasteiger partial charge in [0, 0.05) is 11.3 Å². The summed E-state index contributed by atoms with van der Waals surface area (Å²) < 4.78 is 0. The van der Waals surface area contributed by atoms with E-state index in [4.69, 9.17) is 0 Å². The summed E-state index contributed by atoms with van der Waals surface area (Å²) in [6.07, 6.45) is 0.141. The van der Waals surface area contributed by atoms with E-state index in [1.807, 2.05) is 6.07 Å². The van der Waals surface area contributed by atoms with Crippen molar-refractivity contribution in [1.29, 1.82) is 0 Å². The van der Waals surface area contributed by atoms with Crippen molar-refractivity contribution in [2.24, 2.45) is 0 Å². The third-order valence-corrected chi connectivity index (χ3v) is 1.55. The first-order valence-corrected chi connectivity index (χ1v) is 3.86. The Morgan fingerprint density at radius 2 is 1.92 bits per heavy atom. The third-order valence-electron chi connectivity index (χ3n) is 1.55. The van der Waals surface area contributed by atoms with Crippen molar-refractivity contribution in [2.75, 3.05) is 6.54 Å². The van der Waals surface area contributed by atoms with Crippen LogP contribution in [0.2, 0.25) is 0 Å². The molecule has 1 aromatic rings. The van der Waals surface area contributed by atoms with Gasteiger partial charge in [-0.1, -0.05) is 30.3 Å². The predicted molar refractivity (Wildman–Crippen MR) is 47.0 cm³/mol. The number of carbonyl (C=O) groups is 1. The van der Waals surface area contributed by atoms with Crippen molar-refractivity contribution in [3.63, 3.8) is 0 Å². The number of carbonyl (C=O) groups excluding carboxylic acids is 1. The smallest absolute Gasteiger partial charge is 0.261 e. The normalized spacial score (nSPS) is 9.54. The second-order valence-electron chi connectivity index (χ2n) is 2.69. The highest BCUT2D eigenvalue weighted by molar-refractivity contribution is 5.81. The largest absolute Gasteiger partial charge is 0.292 e. The van der Waals surface area contributed by atoms with Gasteiger partial charge in [-0.25, -0.2) is 0 Å². The Hall–Kier alpha value is -1.71. The standard InChI is InChI=1S/C9H9NO3/c11-9(7-10(12)13)6-8-4-2-1-3-5-8/h1-5H,6-7H2. The summed E-state index contributed by atoms with van der Waals surface area (Å²) in [5.41, 5.74) is 0.814. The summed E-state index contributed by atoms with van der Waals surface area (Å²) in [5.74, 6) is -0.365. The van der Waals surface area contributed by atoms with Crippen LogP contribution < -0.4 is 0 Å². The van der Waals surface area contributed by atoms with E-state index in [9.17, 15) is 14.9 Å². The molecule has 1 aromatic carbocycles. The topological polar surface area (TPSA) is 60.2 Å². The van der Waals surface area contributed by atoms with Gasteiger partial charge in [-0.3, -0.25) is 14.9 Å². The van der Waals surface area contributed by atoms with Gasteiger partial charge >= 0.3 is 0 Å². The Balaban J connectivity index is 2.50. The number of nitrogens with zero attached hydrogens (tertiary/aromatic N) is 1. The van der Waals surface area contributed by atoms with Crippen LogP contribution in [0.15, 0.2) is 30.3 Å². The number of Topliss-reactive ketones (excluding diaryl/α,β-unsaturated/α-hetero) is 1. The average Bonchev–Trinajstić information content (AvgIpc) is 2.04. The number of hydrogen-bond donors (Lipinski definition) is 0. The molecular weight excluding hydrogens is 170 g/mol. The minimum atomic E-state index is -0.606. The molecule has 0 fully saturated rings. The molecular formula is C9H9NO3. The van der Waals surface area contributed by atoms with Gasteiger partial charge in [-0.2, -0.15) is 0 Å². The zero-order chi connectivity index (χ0) is 9.68. The van der Waals surface area contributed by atoms with Crippen molar-refractivity contribution >= 4 is 5.78 Å². The first-order valence-electron chi connectivity index (χ1n) is 3.86. The summed E-state index contributed by atoms with van der Waals surface area (Å²) in [4.78, 5) is 20.4. The van der Waals surface area contributed by atoms with Crippen molar-refractivity contribution in [2.45, 2.75) is 6.42 Å². The zero-order valence-corrected chi connectivity index (χ0v) is 6.97. The maximum atomic E-state index is 11.0. The van der Waals surface area contributed by atoms with E-state index in [-0.39, 0.29) is 12.2 Å². The van der Waals surface area contributed by atoms with Gasteiger partial charge in [0.25, 0.3) is 6.54 Å². The number of nitro groups is 1. The Bertz CT molecular complexity index is 308. The molecule has 0 bridgehead atoms. The van der Waals surface area contributed by atoms with Crippen LogP contribution in [-0.4, -0.2) is 17.3 Å². The van der Waals surface area contributed by atoms with E-state index in [2.05, 4.69) is 0 Å². The Morgan fingerprint density at radius 3 is 2.46 bits per heavy atom. The lowest BCUT2D eigenvalue weighted by atomic mass is 10.1. The van der Waals surface area contributed by atoms with Gasteiger partial charge in [0.15, 0.2) is 0 Å². The fraction of sp³-hybridized carbons (Fsp3) is 0.222. The molecule has 0 spiro atoms. The molecule has 0 atom stereocenters. The second-order valence-corrected chi connectivity index (χ2v) is 2.69. The Labute approximate surface area is 75.3 Å². The van der Waals surface area contributed by atoms with Crippen molar-refractivity contribution in [3.8, 4) is 0 Å². The molecule has 4 nitrogen and oxygen atoms in total. The maximum absolute atomic E-state index is 11.0. The zero-order valence-electron chi connectivity index (χ0n) is 6.97. The molecule has 0 aromatic heterocycles. The lowest BCUT2D eigenvalue weighted by Crippen LogP contribution is -2.15. The lowest BCUT2D eigenvalue weighted by molar-refractivity contribution is -0.467. The third kappa shape index (κ3) is 3.46. The van der Waals surface area contributed by atoms with Crippen molar-refractivity contribution in [1.82, 2.24) is 0 Å². The van der Waals surface area contributed by atoms with E-state index in [1.165, 1.54) is 0 Å². The van der Waals surface area contributed by atoms with Gasteiger partial charge in [-0.15, -0.1) is 0 Å². The van der Waals surface area contributed by atoms with Crippen molar-refractivity contribution in [3.05, 3.63) is 46.0 Å². The van der Waals surface area contributed by atoms with E-state index < -0.39 is 11.5 Å². The van der Waals surface area contributed by atoms with Crippen LogP contribution in [-0.2, 0) is 11.2 Å². The van der Waals surface area contributed by atoms with Gasteiger partial charge in [-0.05, 0) is 5.56 Å². The average molecular weight is 179 g/mol. The molecule has 0 heterocycles. The number of benzene rings is 1. The van der Waals surface area contributed by atoms with Crippen LogP contribution in [0.3, 0.4) is 0 Å². The van der Waals surface area contributed by atoms with Gasteiger partial charge in [0.2, 0.25) is 5.78 Å². The van der Waals surface area contributed by atoms with Gasteiger partial charge in [0.1, 0.15) is 0 Å². The minimum Gasteiger partial charge on any atom is -0.292 e. The SMILES string of the molecule is O=C(Cc1ccccc1)C[N+](=O)[O-]. The lowest BCUT2D eigenvalue weighted by Gasteiger charge is -1.96. The number of hydrogen-bond acceptors (Lipinski definition) is 3. The summed E-state index contributed by atoms with van der Waals surface area (Å²) in [6.45, 7) is -0.588. The molecule has 0 amide bonds. The predicted octanol–water partition coefficient (Wildman–Crippen LogP) is 1.07. The minimum absolute atomic E-state index is 0.141. The maximum Gasteiger partial charge on any atom is 0.261 e. The molecule has 0 saturated carbocycles. The van der Waals surface area contributed by atoms with Gasteiger partial charge in [0.05, 0.1) is 0 Å². The van der Waals surface area contributed by atoms with Crippen LogP contribution in [0, 0.1) is 10.1 Å². The summed E-state index contributed by atoms with van der Waals surface area (Å²) in [6, 6.07) is 8.99. The Kier molecular flexibility index (Phi) is 3.14. The van der Waals surface area contributed by atoms with E-state index in [0.717, 1.165) is 5.56 Å². The number of ketones is 1. The highest BCUT2D eigenvalue weighted by atomic mass is 16.6. The molecule has 0 aliphatic rings. The van der Waals surface area contributed by atoms with Crippen LogP contribution in [0.5, 0.6) is 0 Å². The number of rotatable bonds is 4. The molecule has 0 aliphatic carbocycles. The summed E-state index contributed by atoms with van der Waals surface area (Å²) in [5, 5.41) is 9.98.